The number of thiazole rings is 1. The Morgan fingerprint density at radius 2 is 1.96 bits per heavy atom. The molecule has 0 aliphatic carbocycles. The SMILES string of the molecule is O=C(c1nc2ccccc2s1)N1Cc2cnc(N3CCOCC3)nc2C1. The summed E-state index contributed by atoms with van der Waals surface area (Å²) < 4.78 is 6.41. The van der Waals surface area contributed by atoms with E-state index in [9.17, 15) is 4.79 Å². The van der Waals surface area contributed by atoms with E-state index < -0.39 is 0 Å². The van der Waals surface area contributed by atoms with E-state index >= 15 is 0 Å². The molecule has 0 atom stereocenters. The number of anilines is 1. The van der Waals surface area contributed by atoms with Gasteiger partial charge in [0, 0.05) is 31.4 Å². The van der Waals surface area contributed by atoms with Gasteiger partial charge in [0.2, 0.25) is 5.95 Å². The largest absolute Gasteiger partial charge is 0.378 e. The molecule has 1 fully saturated rings. The minimum Gasteiger partial charge on any atom is -0.378 e. The third-order valence-corrected chi connectivity index (χ3v) is 5.73. The van der Waals surface area contributed by atoms with E-state index in [1.807, 2.05) is 30.5 Å². The number of benzene rings is 1. The highest BCUT2D eigenvalue weighted by atomic mass is 32.1. The summed E-state index contributed by atoms with van der Waals surface area (Å²) in [5.41, 5.74) is 2.80. The van der Waals surface area contributed by atoms with Crippen molar-refractivity contribution in [2.45, 2.75) is 13.1 Å². The van der Waals surface area contributed by atoms with Crippen molar-refractivity contribution < 1.29 is 9.53 Å². The molecular weight excluding hydrogens is 350 g/mol. The molecule has 3 aromatic rings. The molecule has 0 N–H and O–H groups in total. The molecular formula is C18H17N5O2S. The lowest BCUT2D eigenvalue weighted by Gasteiger charge is -2.26. The lowest BCUT2D eigenvalue weighted by Crippen LogP contribution is -2.37. The van der Waals surface area contributed by atoms with Crippen LogP contribution in [-0.2, 0) is 17.8 Å². The predicted octanol–water partition coefficient (Wildman–Crippen LogP) is 2.08. The number of fused-ring (bicyclic) bond motifs is 2. The fourth-order valence-corrected chi connectivity index (χ4v) is 4.23. The minimum absolute atomic E-state index is 0.0443. The molecule has 8 heteroatoms. The van der Waals surface area contributed by atoms with Crippen LogP contribution in [-0.4, -0.2) is 52.1 Å². The number of nitrogens with zero attached hydrogens (tertiary/aromatic N) is 5. The van der Waals surface area contributed by atoms with Crippen molar-refractivity contribution in [1.29, 1.82) is 0 Å². The van der Waals surface area contributed by atoms with E-state index in [1.165, 1.54) is 11.3 Å². The van der Waals surface area contributed by atoms with Crippen LogP contribution in [0.15, 0.2) is 30.5 Å². The molecule has 2 aromatic heterocycles. The van der Waals surface area contributed by atoms with E-state index in [2.05, 4.69) is 14.9 Å². The molecule has 0 spiro atoms. The Morgan fingerprint density at radius 3 is 2.81 bits per heavy atom. The molecule has 0 unspecified atom stereocenters. The Balaban J connectivity index is 1.37. The maximum Gasteiger partial charge on any atom is 0.283 e. The number of aromatic nitrogens is 3. The molecule has 0 saturated carbocycles. The van der Waals surface area contributed by atoms with Crippen molar-refractivity contribution in [1.82, 2.24) is 19.9 Å². The van der Waals surface area contributed by atoms with Gasteiger partial charge in [-0.3, -0.25) is 4.79 Å². The first-order valence-corrected chi connectivity index (χ1v) is 9.42. The smallest absolute Gasteiger partial charge is 0.283 e. The molecule has 0 bridgehead atoms. The zero-order valence-electron chi connectivity index (χ0n) is 14.1. The van der Waals surface area contributed by atoms with Crippen LogP contribution in [0.25, 0.3) is 10.2 Å². The van der Waals surface area contributed by atoms with Gasteiger partial charge in [-0.25, -0.2) is 15.0 Å². The number of ether oxygens (including phenoxy) is 1. The summed E-state index contributed by atoms with van der Waals surface area (Å²) >= 11 is 1.44. The number of para-hydroxylation sites is 1. The highest BCUT2D eigenvalue weighted by Gasteiger charge is 2.28. The number of morpholine rings is 1. The van der Waals surface area contributed by atoms with Crippen molar-refractivity contribution in [3.05, 3.63) is 46.7 Å². The topological polar surface area (TPSA) is 71.5 Å². The quantitative estimate of drug-likeness (QED) is 0.691. The Kier molecular flexibility index (Phi) is 3.79. The van der Waals surface area contributed by atoms with Gasteiger partial charge in [-0.15, -0.1) is 11.3 Å². The third-order valence-electron chi connectivity index (χ3n) is 4.70. The summed E-state index contributed by atoms with van der Waals surface area (Å²) in [6.07, 6.45) is 1.85. The number of carbonyl (C=O) groups is 1. The molecule has 1 aromatic carbocycles. The second-order valence-electron chi connectivity index (χ2n) is 6.39. The van der Waals surface area contributed by atoms with Gasteiger partial charge in [-0.1, -0.05) is 12.1 Å². The number of hydrogen-bond acceptors (Lipinski definition) is 7. The van der Waals surface area contributed by atoms with Gasteiger partial charge in [-0.2, -0.15) is 0 Å². The highest BCUT2D eigenvalue weighted by molar-refractivity contribution is 7.20. The first-order valence-electron chi connectivity index (χ1n) is 8.60. The lowest BCUT2D eigenvalue weighted by molar-refractivity contribution is 0.0750. The Labute approximate surface area is 154 Å². The zero-order chi connectivity index (χ0) is 17.5. The Morgan fingerprint density at radius 1 is 1.12 bits per heavy atom. The summed E-state index contributed by atoms with van der Waals surface area (Å²) in [4.78, 5) is 30.4. The van der Waals surface area contributed by atoms with Crippen molar-refractivity contribution in [3.8, 4) is 0 Å². The van der Waals surface area contributed by atoms with Crippen LogP contribution in [0.4, 0.5) is 5.95 Å². The molecule has 0 radical (unpaired) electrons. The lowest BCUT2D eigenvalue weighted by atomic mass is 10.3. The van der Waals surface area contributed by atoms with Crippen LogP contribution in [0.5, 0.6) is 0 Å². The van der Waals surface area contributed by atoms with Gasteiger partial charge in [0.1, 0.15) is 0 Å². The molecule has 5 rings (SSSR count). The van der Waals surface area contributed by atoms with Crippen molar-refractivity contribution in [2.24, 2.45) is 0 Å². The number of hydrogen-bond donors (Lipinski definition) is 0. The second-order valence-corrected chi connectivity index (χ2v) is 7.42. The second kappa shape index (κ2) is 6.30. The number of carbonyl (C=O) groups excluding carboxylic acids is 1. The average Bonchev–Trinajstić information content (AvgIpc) is 3.31. The summed E-state index contributed by atoms with van der Waals surface area (Å²) in [6.45, 7) is 4.03. The maximum absolute atomic E-state index is 12.9. The van der Waals surface area contributed by atoms with Crippen LogP contribution in [0.3, 0.4) is 0 Å². The van der Waals surface area contributed by atoms with Crippen molar-refractivity contribution >= 4 is 33.4 Å². The van der Waals surface area contributed by atoms with Crippen LogP contribution in [0.2, 0.25) is 0 Å². The fourth-order valence-electron chi connectivity index (χ4n) is 3.30. The molecule has 2 aliphatic heterocycles. The normalized spacial score (nSPS) is 16.9. The first-order chi connectivity index (χ1) is 12.8. The van der Waals surface area contributed by atoms with E-state index in [4.69, 9.17) is 9.72 Å². The molecule has 7 nitrogen and oxygen atoms in total. The van der Waals surface area contributed by atoms with Crippen LogP contribution in [0.1, 0.15) is 21.1 Å². The molecule has 1 amide bonds. The van der Waals surface area contributed by atoms with Gasteiger partial charge >= 0.3 is 0 Å². The monoisotopic (exact) mass is 367 g/mol. The van der Waals surface area contributed by atoms with Crippen molar-refractivity contribution in [3.63, 3.8) is 0 Å². The predicted molar refractivity (Wildman–Crippen MR) is 98.3 cm³/mol. The molecule has 4 heterocycles. The van der Waals surface area contributed by atoms with E-state index in [1.54, 1.807) is 4.90 Å². The average molecular weight is 367 g/mol. The van der Waals surface area contributed by atoms with E-state index in [0.29, 0.717) is 31.3 Å². The summed E-state index contributed by atoms with van der Waals surface area (Å²) in [6, 6.07) is 7.82. The van der Waals surface area contributed by atoms with Gasteiger partial charge in [0.25, 0.3) is 5.91 Å². The maximum atomic E-state index is 12.9. The van der Waals surface area contributed by atoms with Crippen LogP contribution >= 0.6 is 11.3 Å². The van der Waals surface area contributed by atoms with Crippen LogP contribution in [0, 0.1) is 0 Å². The summed E-state index contributed by atoms with van der Waals surface area (Å²) in [5, 5.41) is 0.528. The van der Waals surface area contributed by atoms with Crippen molar-refractivity contribution in [2.75, 3.05) is 31.2 Å². The standard InChI is InChI=1S/C18H17N5O2S/c24-17(16-20-13-3-1-2-4-15(13)26-16)23-10-12-9-19-18(21-14(12)11-23)22-5-7-25-8-6-22/h1-4,9H,5-8,10-11H2. The molecule has 2 aliphatic rings. The Bertz CT molecular complexity index is 950. The summed E-state index contributed by atoms with van der Waals surface area (Å²) in [7, 11) is 0. The van der Waals surface area contributed by atoms with Gasteiger partial charge in [0.15, 0.2) is 5.01 Å². The molecule has 1 saturated heterocycles. The number of amides is 1. The third kappa shape index (κ3) is 2.71. The summed E-state index contributed by atoms with van der Waals surface area (Å²) in [5.74, 6) is 0.679. The van der Waals surface area contributed by atoms with Gasteiger partial charge < -0.3 is 14.5 Å². The van der Waals surface area contributed by atoms with E-state index in [-0.39, 0.29) is 5.91 Å². The zero-order valence-corrected chi connectivity index (χ0v) is 14.9. The van der Waals surface area contributed by atoms with Gasteiger partial charge in [0.05, 0.1) is 35.7 Å². The van der Waals surface area contributed by atoms with Crippen LogP contribution < -0.4 is 4.90 Å². The number of rotatable bonds is 2. The Hall–Kier alpha value is -2.58. The molecule has 26 heavy (non-hydrogen) atoms. The van der Waals surface area contributed by atoms with Gasteiger partial charge in [-0.05, 0) is 12.1 Å². The molecule has 132 valence electrons. The highest BCUT2D eigenvalue weighted by Crippen LogP contribution is 2.27. The minimum atomic E-state index is -0.0443. The first kappa shape index (κ1) is 15.7. The van der Waals surface area contributed by atoms with E-state index in [0.717, 1.165) is 40.5 Å². The fraction of sp³-hybridized carbons (Fsp3) is 0.333.